The van der Waals surface area contributed by atoms with Gasteiger partial charge in [-0.05, 0) is 31.0 Å². The van der Waals surface area contributed by atoms with E-state index >= 15 is 0 Å². The Morgan fingerprint density at radius 3 is 3.00 bits per heavy atom. The van der Waals surface area contributed by atoms with Crippen LogP contribution in [0.15, 0.2) is 24.3 Å². The van der Waals surface area contributed by atoms with Crippen molar-refractivity contribution in [3.05, 3.63) is 29.8 Å². The first kappa shape index (κ1) is 10.7. The lowest BCUT2D eigenvalue weighted by Gasteiger charge is -2.07. The van der Waals surface area contributed by atoms with Crippen LogP contribution in [0.5, 0.6) is 5.75 Å². The summed E-state index contributed by atoms with van der Waals surface area (Å²) in [4.78, 5) is 10.4. The first-order valence-corrected chi connectivity index (χ1v) is 4.69. The maximum Gasteiger partial charge on any atom is 0.137 e. The van der Waals surface area contributed by atoms with Crippen molar-refractivity contribution in [1.29, 1.82) is 0 Å². The van der Waals surface area contributed by atoms with Crippen LogP contribution in [0, 0.1) is 0 Å². The van der Waals surface area contributed by atoms with Crippen molar-refractivity contribution in [2.75, 3.05) is 6.61 Å². The Labute approximate surface area is 83.9 Å². The van der Waals surface area contributed by atoms with Gasteiger partial charge in [0.05, 0.1) is 12.6 Å². The minimum absolute atomic E-state index is 0.424. The molecular formula is C11H15NO2. The van der Waals surface area contributed by atoms with Crippen LogP contribution >= 0.6 is 0 Å². The molecule has 1 aromatic carbocycles. The zero-order chi connectivity index (χ0) is 10.4. The maximum atomic E-state index is 10.4. The summed E-state index contributed by atoms with van der Waals surface area (Å²) < 4.78 is 5.33. The van der Waals surface area contributed by atoms with Crippen molar-refractivity contribution in [1.82, 2.24) is 0 Å². The van der Waals surface area contributed by atoms with Gasteiger partial charge in [0.1, 0.15) is 12.0 Å². The second-order valence-corrected chi connectivity index (χ2v) is 3.08. The quantitative estimate of drug-likeness (QED) is 0.714. The van der Waals surface area contributed by atoms with E-state index in [0.717, 1.165) is 17.6 Å². The molecule has 0 aliphatic rings. The van der Waals surface area contributed by atoms with Crippen LogP contribution in [0.4, 0.5) is 0 Å². The van der Waals surface area contributed by atoms with Gasteiger partial charge in [-0.3, -0.25) is 0 Å². The van der Waals surface area contributed by atoms with Crippen molar-refractivity contribution in [3.8, 4) is 5.75 Å². The average molecular weight is 193 g/mol. The van der Waals surface area contributed by atoms with Gasteiger partial charge in [0.2, 0.25) is 0 Å². The van der Waals surface area contributed by atoms with Crippen molar-refractivity contribution < 1.29 is 9.53 Å². The van der Waals surface area contributed by atoms with Crippen LogP contribution in [0.3, 0.4) is 0 Å². The Morgan fingerprint density at radius 1 is 1.57 bits per heavy atom. The third-order valence-electron chi connectivity index (χ3n) is 1.86. The van der Waals surface area contributed by atoms with Crippen LogP contribution in [-0.2, 0) is 11.2 Å². The zero-order valence-corrected chi connectivity index (χ0v) is 8.27. The Kier molecular flexibility index (Phi) is 4.13. The Bertz CT molecular complexity index is 299. The molecule has 76 valence electrons. The lowest BCUT2D eigenvalue weighted by Crippen LogP contribution is -2.23. The second kappa shape index (κ2) is 5.40. The predicted molar refractivity (Wildman–Crippen MR) is 55.4 cm³/mol. The molecule has 1 atom stereocenters. The van der Waals surface area contributed by atoms with Crippen LogP contribution in [0.1, 0.15) is 12.5 Å². The molecule has 0 amide bonds. The number of rotatable bonds is 5. The van der Waals surface area contributed by atoms with E-state index in [-0.39, 0.29) is 0 Å². The van der Waals surface area contributed by atoms with Crippen LogP contribution in [0.25, 0.3) is 0 Å². The molecule has 0 bridgehead atoms. The molecule has 0 heterocycles. The normalized spacial score (nSPS) is 12.1. The van der Waals surface area contributed by atoms with Crippen LogP contribution in [-0.4, -0.2) is 18.9 Å². The summed E-state index contributed by atoms with van der Waals surface area (Å²) in [6.07, 6.45) is 1.32. The third-order valence-corrected chi connectivity index (χ3v) is 1.86. The summed E-state index contributed by atoms with van der Waals surface area (Å²) in [6.45, 7) is 2.58. The minimum Gasteiger partial charge on any atom is -0.494 e. The molecule has 1 unspecified atom stereocenters. The monoisotopic (exact) mass is 193 g/mol. The fraction of sp³-hybridized carbons (Fsp3) is 0.364. The Hall–Kier alpha value is -1.35. The Balaban J connectivity index is 2.67. The largest absolute Gasteiger partial charge is 0.494 e. The number of ether oxygens (including phenoxy) is 1. The van der Waals surface area contributed by atoms with E-state index in [1.807, 2.05) is 31.2 Å². The van der Waals surface area contributed by atoms with E-state index in [4.69, 9.17) is 10.5 Å². The topological polar surface area (TPSA) is 52.3 Å². The van der Waals surface area contributed by atoms with Gasteiger partial charge in [0.25, 0.3) is 0 Å². The lowest BCUT2D eigenvalue weighted by atomic mass is 10.1. The molecule has 3 nitrogen and oxygen atoms in total. The number of benzene rings is 1. The van der Waals surface area contributed by atoms with E-state index in [1.54, 1.807) is 0 Å². The molecule has 0 aromatic heterocycles. The van der Waals surface area contributed by atoms with Gasteiger partial charge in [-0.1, -0.05) is 12.1 Å². The van der Waals surface area contributed by atoms with E-state index in [9.17, 15) is 4.79 Å². The molecule has 1 rings (SSSR count). The van der Waals surface area contributed by atoms with Crippen molar-refractivity contribution in [3.63, 3.8) is 0 Å². The second-order valence-electron chi connectivity index (χ2n) is 3.08. The van der Waals surface area contributed by atoms with Gasteiger partial charge in [0.15, 0.2) is 0 Å². The van der Waals surface area contributed by atoms with Crippen LogP contribution in [0.2, 0.25) is 0 Å². The number of aldehydes is 1. The molecule has 0 spiro atoms. The van der Waals surface area contributed by atoms with E-state index < -0.39 is 6.04 Å². The number of hydrogen-bond acceptors (Lipinski definition) is 3. The van der Waals surface area contributed by atoms with Crippen molar-refractivity contribution in [2.24, 2.45) is 5.73 Å². The molecule has 0 aliphatic heterocycles. The molecule has 0 radical (unpaired) electrons. The summed E-state index contributed by atoms with van der Waals surface area (Å²) >= 11 is 0. The fourth-order valence-electron chi connectivity index (χ4n) is 1.25. The van der Waals surface area contributed by atoms with E-state index in [1.165, 1.54) is 0 Å². The van der Waals surface area contributed by atoms with Crippen molar-refractivity contribution in [2.45, 2.75) is 19.4 Å². The highest BCUT2D eigenvalue weighted by Crippen LogP contribution is 2.13. The van der Waals surface area contributed by atoms with Gasteiger partial charge in [-0.15, -0.1) is 0 Å². The number of nitrogens with two attached hydrogens (primary N) is 1. The molecule has 3 heteroatoms. The highest BCUT2D eigenvalue weighted by atomic mass is 16.5. The SMILES string of the molecule is CCOc1cccc(CC(N)C=O)c1. The average Bonchev–Trinajstić information content (AvgIpc) is 2.19. The first-order valence-electron chi connectivity index (χ1n) is 4.69. The molecule has 0 aliphatic carbocycles. The molecule has 14 heavy (non-hydrogen) atoms. The Morgan fingerprint density at radius 2 is 2.36 bits per heavy atom. The zero-order valence-electron chi connectivity index (χ0n) is 8.27. The summed E-state index contributed by atoms with van der Waals surface area (Å²) in [6, 6.07) is 7.21. The molecule has 1 aromatic rings. The summed E-state index contributed by atoms with van der Waals surface area (Å²) in [5, 5.41) is 0. The number of hydrogen-bond donors (Lipinski definition) is 1. The van der Waals surface area contributed by atoms with Gasteiger partial charge in [-0.25, -0.2) is 0 Å². The van der Waals surface area contributed by atoms with Gasteiger partial charge < -0.3 is 15.3 Å². The highest BCUT2D eigenvalue weighted by molar-refractivity contribution is 5.57. The van der Waals surface area contributed by atoms with Crippen LogP contribution < -0.4 is 10.5 Å². The fourth-order valence-corrected chi connectivity index (χ4v) is 1.25. The third kappa shape index (κ3) is 3.18. The molecule has 0 fully saturated rings. The smallest absolute Gasteiger partial charge is 0.137 e. The lowest BCUT2D eigenvalue weighted by molar-refractivity contribution is -0.108. The molecule has 0 saturated heterocycles. The standard InChI is InChI=1S/C11H15NO2/c1-2-14-11-5-3-4-9(7-11)6-10(12)8-13/h3-5,7-8,10H,2,6,12H2,1H3. The number of carbonyl (C=O) groups excluding carboxylic acids is 1. The molecule has 2 N–H and O–H groups in total. The van der Waals surface area contributed by atoms with Crippen molar-refractivity contribution >= 4 is 6.29 Å². The summed E-state index contributed by atoms with van der Waals surface area (Å²) in [5.41, 5.74) is 6.54. The molecular weight excluding hydrogens is 178 g/mol. The minimum atomic E-state index is -0.424. The summed E-state index contributed by atoms with van der Waals surface area (Å²) in [5.74, 6) is 0.822. The number of carbonyl (C=O) groups is 1. The van der Waals surface area contributed by atoms with Gasteiger partial charge in [-0.2, -0.15) is 0 Å². The maximum absolute atomic E-state index is 10.4. The van der Waals surface area contributed by atoms with Gasteiger partial charge in [0, 0.05) is 0 Å². The van der Waals surface area contributed by atoms with E-state index in [2.05, 4.69) is 0 Å². The van der Waals surface area contributed by atoms with Gasteiger partial charge >= 0.3 is 0 Å². The predicted octanol–water partition coefficient (Wildman–Crippen LogP) is 1.15. The molecule has 0 saturated carbocycles. The summed E-state index contributed by atoms with van der Waals surface area (Å²) in [7, 11) is 0. The van der Waals surface area contributed by atoms with E-state index in [0.29, 0.717) is 13.0 Å². The highest BCUT2D eigenvalue weighted by Gasteiger charge is 2.02. The first-order chi connectivity index (χ1) is 6.76.